The fraction of sp³-hybridized carbons (Fsp3) is 0.708. The minimum Gasteiger partial charge on any atom is -0.444 e. The van der Waals surface area contributed by atoms with Crippen LogP contribution in [0.25, 0.3) is 0 Å². The number of rotatable bonds is 6. The Labute approximate surface area is 182 Å². The van der Waals surface area contributed by atoms with Crippen LogP contribution in [0.3, 0.4) is 0 Å². The average Bonchev–Trinajstić information content (AvgIpc) is 2.58. The van der Waals surface area contributed by atoms with E-state index in [1.165, 1.54) is 12.5 Å². The van der Waals surface area contributed by atoms with E-state index >= 15 is 0 Å². The van der Waals surface area contributed by atoms with E-state index in [-0.39, 0.29) is 22.2 Å². The van der Waals surface area contributed by atoms with Crippen LogP contribution >= 0.6 is 0 Å². The smallest absolute Gasteiger partial charge is 0.410 e. The zero-order chi connectivity index (χ0) is 23.1. The highest BCUT2D eigenvalue weighted by molar-refractivity contribution is 5.70. The zero-order valence-electron chi connectivity index (χ0n) is 20.1. The molecule has 0 bridgehead atoms. The van der Waals surface area contributed by atoms with E-state index in [0.29, 0.717) is 5.92 Å². The van der Waals surface area contributed by atoms with Crippen LogP contribution in [-0.2, 0) is 4.74 Å². The van der Waals surface area contributed by atoms with Crippen molar-refractivity contribution in [3.8, 4) is 0 Å². The predicted molar refractivity (Wildman–Crippen MR) is 122 cm³/mol. The molecule has 0 spiro atoms. The lowest BCUT2D eigenvalue weighted by molar-refractivity contribution is -0.385. The first-order valence-corrected chi connectivity index (χ1v) is 11.0. The quantitative estimate of drug-likeness (QED) is 0.374. The van der Waals surface area contributed by atoms with Crippen LogP contribution in [0.1, 0.15) is 84.8 Å². The molecule has 170 valence electrons. The summed E-state index contributed by atoms with van der Waals surface area (Å²) in [7, 11) is 0. The van der Waals surface area contributed by atoms with E-state index < -0.39 is 5.60 Å². The van der Waals surface area contributed by atoms with Crippen molar-refractivity contribution < 1.29 is 14.5 Å². The van der Waals surface area contributed by atoms with Gasteiger partial charge in [0.2, 0.25) is 0 Å². The second-order valence-corrected chi connectivity index (χ2v) is 9.76. The van der Waals surface area contributed by atoms with Crippen molar-refractivity contribution in [1.29, 1.82) is 0 Å². The molecule has 1 aromatic carbocycles. The first-order chi connectivity index (χ1) is 13.8. The summed E-state index contributed by atoms with van der Waals surface area (Å²) in [6.45, 7) is 17.0. The summed E-state index contributed by atoms with van der Waals surface area (Å²) in [5.41, 5.74) is 1.58. The lowest BCUT2D eigenvalue weighted by Crippen LogP contribution is -2.62. The lowest BCUT2D eigenvalue weighted by atomic mass is 9.76. The van der Waals surface area contributed by atoms with Crippen LogP contribution in [0.4, 0.5) is 10.5 Å². The molecule has 1 amide bonds. The number of hydrogen-bond donors (Lipinski definition) is 0. The number of nitrogens with zero attached hydrogens (tertiary/aromatic N) is 2. The number of benzene rings is 1. The second-order valence-electron chi connectivity index (χ2n) is 9.76. The highest BCUT2D eigenvalue weighted by Crippen LogP contribution is 2.40. The maximum absolute atomic E-state index is 12.3. The molecule has 0 aliphatic carbocycles. The van der Waals surface area contributed by atoms with Gasteiger partial charge < -0.3 is 9.64 Å². The molecule has 2 rings (SSSR count). The fourth-order valence-corrected chi connectivity index (χ4v) is 3.74. The summed E-state index contributed by atoms with van der Waals surface area (Å²) < 4.78 is 5.54. The van der Waals surface area contributed by atoms with E-state index in [1.54, 1.807) is 13.0 Å². The van der Waals surface area contributed by atoms with Gasteiger partial charge >= 0.3 is 6.09 Å². The standard InChI is InChI=1S/C16H31NO2.C8H9NO2/c1-7-9-16(10-8-13(2)3)11-12-17(16)14(18)19-15(4,5)6;1-6-4-3-5-8(7(6)2)9(10)11/h13H,7-12H2,1-6H3;3-5H,1-2H3. The highest BCUT2D eigenvalue weighted by Gasteiger charge is 2.47. The number of nitro groups is 1. The predicted octanol–water partition coefficient (Wildman–Crippen LogP) is 6.81. The Hall–Kier alpha value is -2.11. The van der Waals surface area contributed by atoms with Gasteiger partial charge in [-0.05, 0) is 71.8 Å². The van der Waals surface area contributed by atoms with Crippen molar-refractivity contribution >= 4 is 11.8 Å². The number of nitro benzene ring substituents is 1. The Balaban J connectivity index is 0.000000346. The summed E-state index contributed by atoms with van der Waals surface area (Å²) in [6, 6.07) is 5.07. The molecular formula is C24H40N2O4. The van der Waals surface area contributed by atoms with Crippen molar-refractivity contribution in [2.75, 3.05) is 6.54 Å². The first kappa shape index (κ1) is 25.9. The van der Waals surface area contributed by atoms with Crippen LogP contribution in [-0.4, -0.2) is 33.6 Å². The number of ether oxygens (including phenoxy) is 1. The summed E-state index contributed by atoms with van der Waals surface area (Å²) in [6.07, 6.45) is 5.51. The van der Waals surface area contributed by atoms with Crippen molar-refractivity contribution in [3.05, 3.63) is 39.4 Å². The molecule has 1 aromatic rings. The molecule has 1 fully saturated rings. The highest BCUT2D eigenvalue weighted by atomic mass is 16.6. The second kappa shape index (κ2) is 10.8. The molecule has 6 nitrogen and oxygen atoms in total. The van der Waals surface area contributed by atoms with Gasteiger partial charge in [0.15, 0.2) is 0 Å². The third-order valence-corrected chi connectivity index (χ3v) is 5.66. The summed E-state index contributed by atoms with van der Waals surface area (Å²) in [5, 5.41) is 10.4. The molecule has 0 N–H and O–H groups in total. The van der Waals surface area contributed by atoms with Crippen LogP contribution in [0.15, 0.2) is 18.2 Å². The molecule has 0 aromatic heterocycles. The SMILES string of the molecule is CCCC1(CCC(C)C)CCN1C(=O)OC(C)(C)C.Cc1cccc([N+](=O)[O-])c1C. The number of carbonyl (C=O) groups is 1. The maximum atomic E-state index is 12.3. The van der Waals surface area contributed by atoms with E-state index in [4.69, 9.17) is 4.74 Å². The Morgan fingerprint density at radius 2 is 1.90 bits per heavy atom. The largest absolute Gasteiger partial charge is 0.444 e. The molecule has 0 radical (unpaired) electrons. The summed E-state index contributed by atoms with van der Waals surface area (Å²) >= 11 is 0. The van der Waals surface area contributed by atoms with E-state index in [1.807, 2.05) is 38.7 Å². The van der Waals surface area contributed by atoms with Gasteiger partial charge in [0.05, 0.1) is 4.92 Å². The van der Waals surface area contributed by atoms with Crippen LogP contribution < -0.4 is 0 Å². The number of amides is 1. The third-order valence-electron chi connectivity index (χ3n) is 5.66. The molecular weight excluding hydrogens is 380 g/mol. The van der Waals surface area contributed by atoms with Crippen LogP contribution in [0.5, 0.6) is 0 Å². The molecule has 6 heteroatoms. The van der Waals surface area contributed by atoms with E-state index in [0.717, 1.165) is 43.4 Å². The molecule has 1 aliphatic heterocycles. The molecule has 1 heterocycles. The van der Waals surface area contributed by atoms with Gasteiger partial charge in [0.1, 0.15) is 5.60 Å². The number of hydrogen-bond acceptors (Lipinski definition) is 4. The number of aryl methyl sites for hydroxylation is 1. The monoisotopic (exact) mass is 420 g/mol. The number of carbonyl (C=O) groups excluding carboxylic acids is 1. The topological polar surface area (TPSA) is 72.7 Å². The van der Waals surface area contributed by atoms with Crippen LogP contribution in [0, 0.1) is 29.9 Å². The van der Waals surface area contributed by atoms with Crippen molar-refractivity contribution in [2.45, 2.75) is 98.6 Å². The van der Waals surface area contributed by atoms with Gasteiger partial charge in [-0.15, -0.1) is 0 Å². The van der Waals surface area contributed by atoms with Crippen LogP contribution in [0.2, 0.25) is 0 Å². The van der Waals surface area contributed by atoms with Gasteiger partial charge in [-0.25, -0.2) is 4.79 Å². The first-order valence-electron chi connectivity index (χ1n) is 11.0. The lowest BCUT2D eigenvalue weighted by Gasteiger charge is -2.53. The van der Waals surface area contributed by atoms with Gasteiger partial charge in [-0.3, -0.25) is 10.1 Å². The Bertz CT molecular complexity index is 724. The van der Waals surface area contributed by atoms with E-state index in [2.05, 4.69) is 20.8 Å². The van der Waals surface area contributed by atoms with Crippen molar-refractivity contribution in [2.24, 2.45) is 5.92 Å². The number of likely N-dealkylation sites (tertiary alicyclic amines) is 1. The van der Waals surface area contributed by atoms with E-state index in [9.17, 15) is 14.9 Å². The average molecular weight is 421 g/mol. The molecule has 1 unspecified atom stereocenters. The normalized spacial score (nSPS) is 18.4. The Morgan fingerprint density at radius 1 is 1.27 bits per heavy atom. The van der Waals surface area contributed by atoms with Crippen molar-refractivity contribution in [3.63, 3.8) is 0 Å². The van der Waals surface area contributed by atoms with Gasteiger partial charge in [-0.1, -0.05) is 39.3 Å². The zero-order valence-corrected chi connectivity index (χ0v) is 20.1. The molecule has 0 saturated carbocycles. The summed E-state index contributed by atoms with van der Waals surface area (Å²) in [4.78, 5) is 24.3. The maximum Gasteiger partial charge on any atom is 0.410 e. The van der Waals surface area contributed by atoms with Crippen molar-refractivity contribution in [1.82, 2.24) is 4.90 Å². The van der Waals surface area contributed by atoms with Gasteiger partial charge in [0.25, 0.3) is 5.69 Å². The van der Waals surface area contributed by atoms with Gasteiger partial charge in [-0.2, -0.15) is 0 Å². The molecule has 30 heavy (non-hydrogen) atoms. The molecule has 1 atom stereocenters. The minimum atomic E-state index is -0.400. The third kappa shape index (κ3) is 7.29. The summed E-state index contributed by atoms with van der Waals surface area (Å²) in [5.74, 6) is 0.690. The fourth-order valence-electron chi connectivity index (χ4n) is 3.74. The molecule has 1 aliphatic rings. The Morgan fingerprint density at radius 3 is 2.30 bits per heavy atom. The Kier molecular flexibility index (Phi) is 9.32. The minimum absolute atomic E-state index is 0.0708. The van der Waals surface area contributed by atoms with Gasteiger partial charge in [0, 0.05) is 23.7 Å². The molecule has 1 saturated heterocycles.